The van der Waals surface area contributed by atoms with E-state index in [0.717, 1.165) is 19.5 Å². The van der Waals surface area contributed by atoms with Gasteiger partial charge in [-0.1, -0.05) is 6.42 Å². The molecule has 1 unspecified atom stereocenters. The van der Waals surface area contributed by atoms with Crippen LogP contribution in [-0.4, -0.2) is 47.1 Å². The SMILES string of the molecule is CN1CCCCC1CNc1cnccc1C(=O)O. The second kappa shape index (κ2) is 5.82. The molecule has 0 bridgehead atoms. The Kier molecular flexibility index (Phi) is 4.15. The molecule has 1 atom stereocenters. The Hall–Kier alpha value is -1.62. The number of aromatic nitrogens is 1. The molecular weight excluding hydrogens is 230 g/mol. The number of anilines is 1. The van der Waals surface area contributed by atoms with Crippen molar-refractivity contribution in [3.63, 3.8) is 0 Å². The van der Waals surface area contributed by atoms with E-state index in [2.05, 4.69) is 22.2 Å². The van der Waals surface area contributed by atoms with Gasteiger partial charge in [-0.15, -0.1) is 0 Å². The fraction of sp³-hybridized carbons (Fsp3) is 0.538. The van der Waals surface area contributed by atoms with E-state index in [1.165, 1.54) is 25.1 Å². The van der Waals surface area contributed by atoms with E-state index in [-0.39, 0.29) is 5.56 Å². The van der Waals surface area contributed by atoms with Crippen molar-refractivity contribution in [2.75, 3.05) is 25.5 Å². The number of aromatic carboxylic acids is 1. The van der Waals surface area contributed by atoms with Crippen molar-refractivity contribution in [3.8, 4) is 0 Å². The summed E-state index contributed by atoms with van der Waals surface area (Å²) in [6, 6.07) is 2.00. The highest BCUT2D eigenvalue weighted by atomic mass is 16.4. The highest BCUT2D eigenvalue weighted by molar-refractivity contribution is 5.93. The van der Waals surface area contributed by atoms with Crippen LogP contribution in [0.5, 0.6) is 0 Å². The molecule has 0 aromatic carbocycles. The number of rotatable bonds is 4. The number of nitrogens with zero attached hydrogens (tertiary/aromatic N) is 2. The van der Waals surface area contributed by atoms with Gasteiger partial charge in [-0.2, -0.15) is 0 Å². The summed E-state index contributed by atoms with van der Waals surface area (Å²) in [7, 11) is 2.12. The number of carbonyl (C=O) groups is 1. The van der Waals surface area contributed by atoms with Gasteiger partial charge in [0, 0.05) is 18.8 Å². The lowest BCUT2D eigenvalue weighted by molar-refractivity contribution is 0.0697. The first-order valence-electron chi connectivity index (χ1n) is 6.30. The van der Waals surface area contributed by atoms with Crippen molar-refractivity contribution < 1.29 is 9.90 Å². The summed E-state index contributed by atoms with van der Waals surface area (Å²) in [4.78, 5) is 17.4. The minimum atomic E-state index is -0.920. The van der Waals surface area contributed by atoms with Crippen LogP contribution in [0.15, 0.2) is 18.5 Å². The van der Waals surface area contributed by atoms with Gasteiger partial charge in [0.25, 0.3) is 0 Å². The second-order valence-corrected chi connectivity index (χ2v) is 4.74. The molecular formula is C13H19N3O2. The molecule has 5 nitrogen and oxygen atoms in total. The zero-order chi connectivity index (χ0) is 13.0. The van der Waals surface area contributed by atoms with Crippen molar-refractivity contribution >= 4 is 11.7 Å². The molecule has 1 aromatic heterocycles. The molecule has 1 aliphatic rings. The van der Waals surface area contributed by atoms with E-state index in [1.807, 2.05) is 0 Å². The van der Waals surface area contributed by atoms with Crippen LogP contribution < -0.4 is 5.32 Å². The average molecular weight is 249 g/mol. The molecule has 2 rings (SSSR count). The molecule has 5 heteroatoms. The molecule has 0 amide bonds. The number of piperidine rings is 1. The van der Waals surface area contributed by atoms with Crippen LogP contribution in [-0.2, 0) is 0 Å². The Morgan fingerprint density at radius 1 is 1.61 bits per heavy atom. The summed E-state index contributed by atoms with van der Waals surface area (Å²) in [6.07, 6.45) is 6.73. The number of hydrogen-bond donors (Lipinski definition) is 2. The number of hydrogen-bond acceptors (Lipinski definition) is 4. The quantitative estimate of drug-likeness (QED) is 0.850. The smallest absolute Gasteiger partial charge is 0.337 e. The Morgan fingerprint density at radius 3 is 3.17 bits per heavy atom. The molecule has 98 valence electrons. The van der Waals surface area contributed by atoms with Gasteiger partial charge in [0.15, 0.2) is 0 Å². The minimum Gasteiger partial charge on any atom is -0.478 e. The molecule has 1 aliphatic heterocycles. The van der Waals surface area contributed by atoms with Crippen LogP contribution in [0.1, 0.15) is 29.6 Å². The van der Waals surface area contributed by atoms with Crippen LogP contribution in [0.3, 0.4) is 0 Å². The lowest BCUT2D eigenvalue weighted by atomic mass is 10.0. The monoisotopic (exact) mass is 249 g/mol. The Labute approximate surface area is 107 Å². The predicted octanol–water partition coefficient (Wildman–Crippen LogP) is 1.68. The third-order valence-corrected chi connectivity index (χ3v) is 3.50. The number of carboxylic acids is 1. The summed E-state index contributed by atoms with van der Waals surface area (Å²) < 4.78 is 0. The van der Waals surface area contributed by atoms with E-state index < -0.39 is 5.97 Å². The topological polar surface area (TPSA) is 65.5 Å². The first-order chi connectivity index (χ1) is 8.68. The normalized spacial score (nSPS) is 20.6. The Morgan fingerprint density at radius 2 is 2.44 bits per heavy atom. The third kappa shape index (κ3) is 2.98. The molecule has 2 heterocycles. The summed E-state index contributed by atoms with van der Waals surface area (Å²) in [5, 5.41) is 12.3. The Bertz CT molecular complexity index is 422. The summed E-state index contributed by atoms with van der Waals surface area (Å²) in [5.41, 5.74) is 0.882. The lowest BCUT2D eigenvalue weighted by Crippen LogP contribution is -2.40. The van der Waals surface area contributed by atoms with Gasteiger partial charge < -0.3 is 15.3 Å². The van der Waals surface area contributed by atoms with E-state index in [9.17, 15) is 4.79 Å². The first-order valence-corrected chi connectivity index (χ1v) is 6.30. The molecule has 1 fully saturated rings. The molecule has 0 spiro atoms. The van der Waals surface area contributed by atoms with Crippen LogP contribution >= 0.6 is 0 Å². The fourth-order valence-corrected chi connectivity index (χ4v) is 2.35. The van der Waals surface area contributed by atoms with Gasteiger partial charge in [0.05, 0.1) is 17.4 Å². The lowest BCUT2D eigenvalue weighted by Gasteiger charge is -2.32. The highest BCUT2D eigenvalue weighted by Gasteiger charge is 2.19. The highest BCUT2D eigenvalue weighted by Crippen LogP contribution is 2.18. The number of likely N-dealkylation sites (tertiary alicyclic amines) is 1. The maximum atomic E-state index is 11.1. The van der Waals surface area contributed by atoms with Crippen molar-refractivity contribution in [3.05, 3.63) is 24.0 Å². The van der Waals surface area contributed by atoms with E-state index >= 15 is 0 Å². The van der Waals surface area contributed by atoms with Gasteiger partial charge in [-0.05, 0) is 32.5 Å². The van der Waals surface area contributed by atoms with E-state index in [0.29, 0.717) is 11.7 Å². The van der Waals surface area contributed by atoms with E-state index in [4.69, 9.17) is 5.11 Å². The third-order valence-electron chi connectivity index (χ3n) is 3.50. The van der Waals surface area contributed by atoms with Crippen molar-refractivity contribution in [2.45, 2.75) is 25.3 Å². The largest absolute Gasteiger partial charge is 0.478 e. The predicted molar refractivity (Wildman–Crippen MR) is 70.0 cm³/mol. The summed E-state index contributed by atoms with van der Waals surface area (Å²) in [5.74, 6) is -0.920. The number of likely N-dealkylation sites (N-methyl/N-ethyl adjacent to an activating group) is 1. The van der Waals surface area contributed by atoms with Crippen molar-refractivity contribution in [2.24, 2.45) is 0 Å². The number of carboxylic acid groups (broad SMARTS) is 1. The van der Waals surface area contributed by atoms with Crippen LogP contribution in [0.2, 0.25) is 0 Å². The number of nitrogens with one attached hydrogen (secondary N) is 1. The maximum absolute atomic E-state index is 11.1. The summed E-state index contributed by atoms with van der Waals surface area (Å²) in [6.45, 7) is 1.88. The number of pyridine rings is 1. The van der Waals surface area contributed by atoms with Crippen LogP contribution in [0.25, 0.3) is 0 Å². The van der Waals surface area contributed by atoms with Crippen LogP contribution in [0, 0.1) is 0 Å². The zero-order valence-electron chi connectivity index (χ0n) is 10.6. The first kappa shape index (κ1) is 12.8. The molecule has 1 aromatic rings. The fourth-order valence-electron chi connectivity index (χ4n) is 2.35. The van der Waals surface area contributed by atoms with Crippen molar-refractivity contribution in [1.82, 2.24) is 9.88 Å². The molecule has 0 aliphatic carbocycles. The van der Waals surface area contributed by atoms with Gasteiger partial charge in [-0.3, -0.25) is 4.98 Å². The molecule has 1 saturated heterocycles. The minimum absolute atomic E-state index is 0.281. The second-order valence-electron chi connectivity index (χ2n) is 4.74. The molecule has 0 saturated carbocycles. The molecule has 0 radical (unpaired) electrons. The molecule has 18 heavy (non-hydrogen) atoms. The Balaban J connectivity index is 1.99. The summed E-state index contributed by atoms with van der Waals surface area (Å²) >= 11 is 0. The van der Waals surface area contributed by atoms with Gasteiger partial charge in [0.1, 0.15) is 0 Å². The van der Waals surface area contributed by atoms with Crippen molar-refractivity contribution in [1.29, 1.82) is 0 Å². The van der Waals surface area contributed by atoms with Gasteiger partial charge in [0.2, 0.25) is 0 Å². The van der Waals surface area contributed by atoms with Gasteiger partial charge in [-0.25, -0.2) is 4.79 Å². The average Bonchev–Trinajstić information content (AvgIpc) is 2.38. The van der Waals surface area contributed by atoms with E-state index in [1.54, 1.807) is 6.20 Å². The van der Waals surface area contributed by atoms with Crippen LogP contribution in [0.4, 0.5) is 5.69 Å². The standard InChI is InChI=1S/C13H19N3O2/c1-16-7-3-2-4-10(16)8-15-12-9-14-6-5-11(12)13(17)18/h5-6,9-10,15H,2-4,7-8H2,1H3,(H,17,18). The molecule has 2 N–H and O–H groups in total. The van der Waals surface area contributed by atoms with Gasteiger partial charge >= 0.3 is 5.97 Å². The zero-order valence-corrected chi connectivity index (χ0v) is 10.6. The maximum Gasteiger partial charge on any atom is 0.337 e.